The van der Waals surface area contributed by atoms with Gasteiger partial charge in [-0.05, 0) is 44.9 Å². The van der Waals surface area contributed by atoms with Gasteiger partial charge in [0, 0.05) is 56.2 Å². The molecule has 0 spiro atoms. The third kappa shape index (κ3) is 3.32. The zero-order valence-electron chi connectivity index (χ0n) is 16.2. The maximum atomic E-state index is 13.1. The molecule has 8 nitrogen and oxygen atoms in total. The molecule has 0 radical (unpaired) electrons. The normalized spacial score (nSPS) is 34.2. The number of carbonyl (C=O) groups excluding carboxylic acids is 1. The molecule has 3 aliphatic heterocycles. The van der Waals surface area contributed by atoms with E-state index in [1.807, 2.05) is 6.92 Å². The molecule has 2 bridgehead atoms. The fraction of sp³-hybridized carbons (Fsp3) is 0.789. The van der Waals surface area contributed by atoms with Gasteiger partial charge in [-0.25, -0.2) is 0 Å². The van der Waals surface area contributed by atoms with Gasteiger partial charge in [0.2, 0.25) is 0 Å². The van der Waals surface area contributed by atoms with Crippen LogP contribution < -0.4 is 5.32 Å². The topological polar surface area (TPSA) is 95.8 Å². The molecule has 0 aromatic carbocycles. The van der Waals surface area contributed by atoms with Gasteiger partial charge in [0.05, 0.1) is 0 Å². The van der Waals surface area contributed by atoms with E-state index in [0.29, 0.717) is 50.0 Å². The Labute approximate surface area is 165 Å². The van der Waals surface area contributed by atoms with Gasteiger partial charge in [0.1, 0.15) is 11.5 Å². The molecule has 1 saturated carbocycles. The predicted octanol–water partition coefficient (Wildman–Crippen LogP) is 1.52. The minimum atomic E-state index is -3.43. The number of Topliss-reactive ketones (excluding diaryl/α,β-unsaturated/α-hetero) is 1. The molecule has 1 aromatic rings. The average molecular weight is 409 g/mol. The molecule has 4 atom stereocenters. The van der Waals surface area contributed by atoms with Crippen molar-refractivity contribution in [1.82, 2.24) is 19.1 Å². The monoisotopic (exact) mass is 408 g/mol. The summed E-state index contributed by atoms with van der Waals surface area (Å²) in [6, 6.07) is 2.09. The summed E-state index contributed by atoms with van der Waals surface area (Å²) in [6.45, 7) is 3.77. The lowest BCUT2D eigenvalue weighted by atomic mass is 9.88. The van der Waals surface area contributed by atoms with Crippen molar-refractivity contribution < 1.29 is 17.7 Å². The maximum Gasteiger partial charge on any atom is 0.282 e. The van der Waals surface area contributed by atoms with Crippen molar-refractivity contribution in [2.24, 2.45) is 5.92 Å². The van der Waals surface area contributed by atoms with Gasteiger partial charge in [0.25, 0.3) is 10.2 Å². The van der Waals surface area contributed by atoms with Gasteiger partial charge in [-0.3, -0.25) is 4.79 Å². The number of piperidine rings is 1. The lowest BCUT2D eigenvalue weighted by molar-refractivity contribution is 0.0921. The number of nitrogens with zero attached hydrogens (tertiary/aromatic N) is 3. The van der Waals surface area contributed by atoms with Gasteiger partial charge in [0.15, 0.2) is 5.78 Å². The van der Waals surface area contributed by atoms with E-state index in [-0.39, 0.29) is 23.8 Å². The second-order valence-electron chi connectivity index (χ2n) is 8.94. The van der Waals surface area contributed by atoms with Gasteiger partial charge in [-0.1, -0.05) is 5.16 Å². The fourth-order valence-electron chi connectivity index (χ4n) is 5.06. The molecule has 28 heavy (non-hydrogen) atoms. The van der Waals surface area contributed by atoms with E-state index < -0.39 is 10.2 Å². The molecular weight excluding hydrogens is 380 g/mol. The molecule has 2 unspecified atom stereocenters. The number of nitrogens with one attached hydrogen (secondary N) is 1. The Bertz CT molecular complexity index is 865. The van der Waals surface area contributed by atoms with Gasteiger partial charge < -0.3 is 9.84 Å². The lowest BCUT2D eigenvalue weighted by Crippen LogP contribution is -2.55. The average Bonchev–Trinajstić information content (AvgIpc) is 3.09. The van der Waals surface area contributed by atoms with E-state index in [0.717, 1.165) is 31.6 Å². The molecule has 0 amide bonds. The third-order valence-electron chi connectivity index (χ3n) is 6.79. The van der Waals surface area contributed by atoms with E-state index in [1.54, 1.807) is 14.7 Å². The van der Waals surface area contributed by atoms with Crippen LogP contribution in [0, 0.1) is 5.92 Å². The van der Waals surface area contributed by atoms with E-state index in [4.69, 9.17) is 4.52 Å². The Morgan fingerprint density at radius 3 is 2.75 bits per heavy atom. The second-order valence-corrected chi connectivity index (χ2v) is 10.8. The summed E-state index contributed by atoms with van der Waals surface area (Å²) in [5, 5.41) is 7.30. The van der Waals surface area contributed by atoms with Crippen molar-refractivity contribution in [2.75, 3.05) is 19.6 Å². The summed E-state index contributed by atoms with van der Waals surface area (Å²) in [7, 11) is -3.43. The number of fused-ring (bicyclic) bond motifs is 2. The Morgan fingerprint density at radius 1 is 1.29 bits per heavy atom. The second kappa shape index (κ2) is 6.90. The minimum absolute atomic E-state index is 0.00656. The van der Waals surface area contributed by atoms with E-state index in [2.05, 4.69) is 10.5 Å². The summed E-state index contributed by atoms with van der Waals surface area (Å²) in [5.74, 6) is 1.46. The Kier molecular flexibility index (Phi) is 4.61. The van der Waals surface area contributed by atoms with Crippen molar-refractivity contribution in [1.29, 1.82) is 0 Å². The van der Waals surface area contributed by atoms with Gasteiger partial charge >= 0.3 is 0 Å². The molecule has 4 heterocycles. The maximum absolute atomic E-state index is 13.1. The standard InChI is InChI=1S/C19H28N4O4S/c1-12-6-13(7-18(24)17-9-19(27-21-17)14-2-3-14)4-5-22(12)28(25,26)23-11-15-8-16(23)10-20-15/h9,12-16,20H,2-8,10-11H2,1H3/t12-,13-,15?,16?/m0/s1. The summed E-state index contributed by atoms with van der Waals surface area (Å²) >= 11 is 0. The van der Waals surface area contributed by atoms with E-state index in [9.17, 15) is 13.2 Å². The zero-order valence-corrected chi connectivity index (χ0v) is 17.0. The number of carbonyl (C=O) groups is 1. The molecule has 1 aromatic heterocycles. The highest BCUT2D eigenvalue weighted by Gasteiger charge is 2.47. The molecule has 5 rings (SSSR count). The first-order valence-electron chi connectivity index (χ1n) is 10.4. The Morgan fingerprint density at radius 2 is 2.11 bits per heavy atom. The first-order chi connectivity index (χ1) is 13.4. The SMILES string of the molecule is C[C@H]1C[C@@H](CC(=O)c2cc(C3CC3)on2)CCN1S(=O)(=O)N1CC2CC1CN2. The zero-order chi connectivity index (χ0) is 19.5. The molecule has 154 valence electrons. The first-order valence-corrected chi connectivity index (χ1v) is 11.8. The summed E-state index contributed by atoms with van der Waals surface area (Å²) in [4.78, 5) is 12.6. The predicted molar refractivity (Wildman–Crippen MR) is 102 cm³/mol. The molecule has 1 N–H and O–H groups in total. The van der Waals surface area contributed by atoms with Crippen molar-refractivity contribution in [3.63, 3.8) is 0 Å². The number of aromatic nitrogens is 1. The Hall–Kier alpha value is -1.29. The quantitative estimate of drug-likeness (QED) is 0.717. The summed E-state index contributed by atoms with van der Waals surface area (Å²) in [6.07, 6.45) is 4.97. The molecular formula is C19H28N4O4S. The van der Waals surface area contributed by atoms with Crippen LogP contribution in [0.2, 0.25) is 0 Å². The third-order valence-corrected chi connectivity index (χ3v) is 8.97. The highest BCUT2D eigenvalue weighted by atomic mass is 32.2. The van der Waals surface area contributed by atoms with Crippen LogP contribution in [-0.4, -0.2) is 65.7 Å². The fourth-order valence-corrected chi connectivity index (χ4v) is 7.12. The smallest absolute Gasteiger partial charge is 0.282 e. The highest BCUT2D eigenvalue weighted by Crippen LogP contribution is 2.40. The van der Waals surface area contributed by atoms with Crippen LogP contribution in [0.1, 0.15) is 67.6 Å². The van der Waals surface area contributed by atoms with Crippen LogP contribution in [0.25, 0.3) is 0 Å². The van der Waals surface area contributed by atoms with Crippen LogP contribution in [0.4, 0.5) is 0 Å². The number of piperazine rings is 1. The number of hydrogen-bond donors (Lipinski definition) is 1. The molecule has 4 fully saturated rings. The van der Waals surface area contributed by atoms with Crippen LogP contribution in [-0.2, 0) is 10.2 Å². The van der Waals surface area contributed by atoms with Crippen LogP contribution >= 0.6 is 0 Å². The van der Waals surface area contributed by atoms with Gasteiger partial charge in [-0.15, -0.1) is 0 Å². The van der Waals surface area contributed by atoms with Gasteiger partial charge in [-0.2, -0.15) is 17.0 Å². The van der Waals surface area contributed by atoms with E-state index >= 15 is 0 Å². The van der Waals surface area contributed by atoms with Crippen molar-refractivity contribution in [3.05, 3.63) is 17.5 Å². The molecule has 1 aliphatic carbocycles. The molecule has 4 aliphatic rings. The minimum Gasteiger partial charge on any atom is -0.360 e. The van der Waals surface area contributed by atoms with Crippen molar-refractivity contribution in [3.8, 4) is 0 Å². The number of ketones is 1. The first kappa shape index (κ1) is 18.7. The van der Waals surface area contributed by atoms with E-state index in [1.165, 1.54) is 0 Å². The number of rotatable bonds is 6. The van der Waals surface area contributed by atoms with Crippen molar-refractivity contribution >= 4 is 16.0 Å². The largest absolute Gasteiger partial charge is 0.360 e. The van der Waals surface area contributed by atoms with Crippen LogP contribution in [0.15, 0.2) is 10.6 Å². The molecule has 9 heteroatoms. The molecule has 3 saturated heterocycles. The van der Waals surface area contributed by atoms with Crippen LogP contribution in [0.3, 0.4) is 0 Å². The summed E-state index contributed by atoms with van der Waals surface area (Å²) in [5.41, 5.74) is 0.421. The van der Waals surface area contributed by atoms with Crippen LogP contribution in [0.5, 0.6) is 0 Å². The lowest BCUT2D eigenvalue weighted by Gasteiger charge is -2.40. The highest BCUT2D eigenvalue weighted by molar-refractivity contribution is 7.86. The van der Waals surface area contributed by atoms with Crippen molar-refractivity contribution in [2.45, 2.75) is 69.5 Å². The Balaban J connectivity index is 1.20. The summed E-state index contributed by atoms with van der Waals surface area (Å²) < 4.78 is 34.9. The number of hydrogen-bond acceptors (Lipinski definition) is 6.